The minimum atomic E-state index is -0.466. The highest BCUT2D eigenvalue weighted by molar-refractivity contribution is 6.31. The van der Waals surface area contributed by atoms with Crippen LogP contribution in [0.1, 0.15) is 11.1 Å². The van der Waals surface area contributed by atoms with Crippen LogP contribution in [0.25, 0.3) is 6.08 Å². The molecule has 0 saturated heterocycles. The highest BCUT2D eigenvalue weighted by atomic mass is 35.5. The van der Waals surface area contributed by atoms with Crippen molar-refractivity contribution < 1.29 is 9.18 Å². The van der Waals surface area contributed by atoms with Gasteiger partial charge < -0.3 is 5.73 Å². The Labute approximate surface area is 121 Å². The summed E-state index contributed by atoms with van der Waals surface area (Å²) in [7, 11) is 0. The predicted octanol–water partition coefficient (Wildman–Crippen LogP) is 3.89. The second kappa shape index (κ2) is 6.35. The summed E-state index contributed by atoms with van der Waals surface area (Å²) >= 11 is 5.88. The van der Waals surface area contributed by atoms with Gasteiger partial charge in [0.25, 0.3) is 0 Å². The molecule has 2 aromatic carbocycles. The van der Waals surface area contributed by atoms with Crippen LogP contribution >= 0.6 is 11.6 Å². The number of anilines is 1. The predicted molar refractivity (Wildman–Crippen MR) is 80.0 cm³/mol. The molecular weight excluding hydrogens is 277 g/mol. The third-order valence-corrected chi connectivity index (χ3v) is 3.16. The number of hydrogen-bond acceptors (Lipinski definition) is 2. The van der Waals surface area contributed by atoms with Crippen molar-refractivity contribution in [3.8, 4) is 0 Å². The Morgan fingerprint density at radius 1 is 1.20 bits per heavy atom. The molecule has 4 heteroatoms. The summed E-state index contributed by atoms with van der Waals surface area (Å²) in [5, 5.41) is 0.263. The molecule has 2 rings (SSSR count). The molecule has 0 saturated carbocycles. The Balaban J connectivity index is 2.07. The molecule has 0 aliphatic heterocycles. The summed E-state index contributed by atoms with van der Waals surface area (Å²) < 4.78 is 13.5. The van der Waals surface area contributed by atoms with Gasteiger partial charge in [-0.3, -0.25) is 4.79 Å². The molecule has 0 spiro atoms. The van der Waals surface area contributed by atoms with E-state index in [1.807, 2.05) is 0 Å². The SMILES string of the molecule is Nc1ccc(/C=C/C(=O)Cc2c(F)cccc2Cl)cc1. The van der Waals surface area contributed by atoms with Crippen LogP contribution in [0.3, 0.4) is 0 Å². The van der Waals surface area contributed by atoms with Crippen LogP contribution in [-0.2, 0) is 11.2 Å². The lowest BCUT2D eigenvalue weighted by Crippen LogP contribution is -2.01. The lowest BCUT2D eigenvalue weighted by atomic mass is 10.1. The largest absolute Gasteiger partial charge is 0.399 e. The molecule has 0 fully saturated rings. The average Bonchev–Trinajstić information content (AvgIpc) is 2.42. The summed E-state index contributed by atoms with van der Waals surface area (Å²) in [6.07, 6.45) is 3.02. The molecule has 2 nitrogen and oxygen atoms in total. The maximum Gasteiger partial charge on any atom is 0.160 e. The van der Waals surface area contributed by atoms with Gasteiger partial charge in [-0.1, -0.05) is 35.9 Å². The normalized spacial score (nSPS) is 10.9. The van der Waals surface area contributed by atoms with Crippen molar-refractivity contribution in [1.29, 1.82) is 0 Å². The highest BCUT2D eigenvalue weighted by Gasteiger charge is 2.09. The van der Waals surface area contributed by atoms with E-state index in [2.05, 4.69) is 0 Å². The molecule has 0 aliphatic carbocycles. The fraction of sp³-hybridized carbons (Fsp3) is 0.0625. The Bertz CT molecular complexity index is 630. The van der Waals surface area contributed by atoms with E-state index in [9.17, 15) is 9.18 Å². The molecule has 0 unspecified atom stereocenters. The monoisotopic (exact) mass is 289 g/mol. The van der Waals surface area contributed by atoms with Crippen LogP contribution in [0.4, 0.5) is 10.1 Å². The number of benzene rings is 2. The molecule has 0 aromatic heterocycles. The lowest BCUT2D eigenvalue weighted by molar-refractivity contribution is -0.114. The molecule has 0 radical (unpaired) electrons. The van der Waals surface area contributed by atoms with Crippen molar-refractivity contribution in [1.82, 2.24) is 0 Å². The number of ketones is 1. The minimum absolute atomic E-state index is 0.0586. The number of rotatable bonds is 4. The second-order valence-electron chi connectivity index (χ2n) is 4.34. The first-order valence-corrected chi connectivity index (χ1v) is 6.43. The first-order valence-electron chi connectivity index (χ1n) is 6.05. The average molecular weight is 290 g/mol. The van der Waals surface area contributed by atoms with Gasteiger partial charge in [0.2, 0.25) is 0 Å². The van der Waals surface area contributed by atoms with Crippen molar-refractivity contribution >= 4 is 29.1 Å². The molecule has 0 amide bonds. The van der Waals surface area contributed by atoms with E-state index >= 15 is 0 Å². The van der Waals surface area contributed by atoms with Gasteiger partial charge in [0.15, 0.2) is 5.78 Å². The van der Waals surface area contributed by atoms with E-state index in [-0.39, 0.29) is 22.8 Å². The van der Waals surface area contributed by atoms with Gasteiger partial charge in [-0.15, -0.1) is 0 Å². The highest BCUT2D eigenvalue weighted by Crippen LogP contribution is 2.20. The number of allylic oxidation sites excluding steroid dienone is 1. The quantitative estimate of drug-likeness (QED) is 0.685. The summed E-state index contributed by atoms with van der Waals surface area (Å²) in [5.74, 6) is -0.680. The van der Waals surface area contributed by atoms with E-state index in [0.717, 1.165) is 5.56 Å². The van der Waals surface area contributed by atoms with Crippen molar-refractivity contribution in [2.24, 2.45) is 0 Å². The van der Waals surface area contributed by atoms with Gasteiger partial charge in [-0.25, -0.2) is 4.39 Å². The molecule has 2 aromatic rings. The Morgan fingerprint density at radius 2 is 1.90 bits per heavy atom. The zero-order valence-corrected chi connectivity index (χ0v) is 11.4. The first kappa shape index (κ1) is 14.3. The topological polar surface area (TPSA) is 43.1 Å². The van der Waals surface area contributed by atoms with Gasteiger partial charge in [0, 0.05) is 22.7 Å². The van der Waals surface area contributed by atoms with E-state index in [1.165, 1.54) is 18.2 Å². The third kappa shape index (κ3) is 3.68. The van der Waals surface area contributed by atoms with Gasteiger partial charge in [-0.2, -0.15) is 0 Å². The molecule has 0 aliphatic rings. The third-order valence-electron chi connectivity index (χ3n) is 2.81. The molecule has 20 heavy (non-hydrogen) atoms. The summed E-state index contributed by atoms with van der Waals surface area (Å²) in [5.41, 5.74) is 7.31. The van der Waals surface area contributed by atoms with Gasteiger partial charge in [0.1, 0.15) is 5.82 Å². The van der Waals surface area contributed by atoms with Crippen molar-refractivity contribution in [3.63, 3.8) is 0 Å². The van der Waals surface area contributed by atoms with Crippen LogP contribution in [0.5, 0.6) is 0 Å². The maximum absolute atomic E-state index is 13.5. The van der Waals surface area contributed by atoms with E-state index in [4.69, 9.17) is 17.3 Å². The van der Waals surface area contributed by atoms with Crippen LogP contribution in [-0.4, -0.2) is 5.78 Å². The summed E-state index contributed by atoms with van der Waals surface area (Å²) in [6.45, 7) is 0. The Hall–Kier alpha value is -2.13. The van der Waals surface area contributed by atoms with E-state index in [0.29, 0.717) is 5.69 Å². The minimum Gasteiger partial charge on any atom is -0.399 e. The van der Waals surface area contributed by atoms with E-state index in [1.54, 1.807) is 36.4 Å². The molecule has 102 valence electrons. The molecule has 0 bridgehead atoms. The molecule has 0 heterocycles. The van der Waals surface area contributed by atoms with Gasteiger partial charge in [0.05, 0.1) is 0 Å². The van der Waals surface area contributed by atoms with Crippen LogP contribution in [0.15, 0.2) is 48.5 Å². The molecular formula is C16H13ClFNO. The maximum atomic E-state index is 13.5. The van der Waals surface area contributed by atoms with Crippen molar-refractivity contribution in [2.75, 3.05) is 5.73 Å². The zero-order chi connectivity index (χ0) is 14.5. The molecule has 0 atom stereocenters. The van der Waals surface area contributed by atoms with Crippen molar-refractivity contribution in [3.05, 3.63) is 70.5 Å². The van der Waals surface area contributed by atoms with Crippen LogP contribution < -0.4 is 5.73 Å². The zero-order valence-electron chi connectivity index (χ0n) is 10.6. The second-order valence-corrected chi connectivity index (χ2v) is 4.75. The van der Waals surface area contributed by atoms with Crippen LogP contribution in [0, 0.1) is 5.82 Å². The smallest absolute Gasteiger partial charge is 0.160 e. The van der Waals surface area contributed by atoms with Crippen molar-refractivity contribution in [2.45, 2.75) is 6.42 Å². The van der Waals surface area contributed by atoms with Crippen LogP contribution in [0.2, 0.25) is 5.02 Å². The Kier molecular flexibility index (Phi) is 4.53. The summed E-state index contributed by atoms with van der Waals surface area (Å²) in [4.78, 5) is 11.8. The molecule has 2 N–H and O–H groups in total. The number of nitrogen functional groups attached to an aromatic ring is 1. The summed E-state index contributed by atoms with van der Waals surface area (Å²) in [6, 6.07) is 11.5. The number of hydrogen-bond donors (Lipinski definition) is 1. The Morgan fingerprint density at radius 3 is 2.55 bits per heavy atom. The van der Waals surface area contributed by atoms with E-state index < -0.39 is 5.82 Å². The fourth-order valence-electron chi connectivity index (χ4n) is 1.73. The number of carbonyl (C=O) groups is 1. The number of carbonyl (C=O) groups excluding carboxylic acids is 1. The fourth-order valence-corrected chi connectivity index (χ4v) is 1.96. The number of nitrogens with two attached hydrogens (primary N) is 1. The first-order chi connectivity index (χ1) is 9.56. The van der Waals surface area contributed by atoms with Gasteiger partial charge in [-0.05, 0) is 35.9 Å². The lowest BCUT2D eigenvalue weighted by Gasteiger charge is -2.02. The van der Waals surface area contributed by atoms with Gasteiger partial charge >= 0.3 is 0 Å². The number of halogens is 2. The standard InChI is InChI=1S/C16H13ClFNO/c17-15-2-1-3-16(18)14(15)10-13(20)9-6-11-4-7-12(19)8-5-11/h1-9H,10,19H2/b9-6+.